The summed E-state index contributed by atoms with van der Waals surface area (Å²) in [4.78, 5) is 1.29. The van der Waals surface area contributed by atoms with Crippen LogP contribution in [0, 0.1) is 5.92 Å². The topological polar surface area (TPSA) is 12.0 Å². The van der Waals surface area contributed by atoms with E-state index >= 15 is 0 Å². The maximum absolute atomic E-state index is 5.99. The van der Waals surface area contributed by atoms with Crippen LogP contribution in [0.25, 0.3) is 0 Å². The van der Waals surface area contributed by atoms with E-state index in [-0.39, 0.29) is 0 Å². The van der Waals surface area contributed by atoms with Gasteiger partial charge in [-0.25, -0.2) is 0 Å². The average molecular weight is 325 g/mol. The minimum Gasteiger partial charge on any atom is -0.309 e. The van der Waals surface area contributed by atoms with Crippen molar-refractivity contribution in [3.05, 3.63) is 19.8 Å². The van der Waals surface area contributed by atoms with Gasteiger partial charge in [0, 0.05) is 21.9 Å². The van der Waals surface area contributed by atoms with Gasteiger partial charge in [0.2, 0.25) is 0 Å². The molecule has 0 aliphatic heterocycles. The Bertz CT molecular complexity index is 305. The van der Waals surface area contributed by atoms with Crippen molar-refractivity contribution in [1.29, 1.82) is 0 Å². The van der Waals surface area contributed by atoms with E-state index in [2.05, 4.69) is 48.1 Å². The van der Waals surface area contributed by atoms with Crippen LogP contribution in [0.5, 0.6) is 0 Å². The summed E-state index contributed by atoms with van der Waals surface area (Å²) < 4.78 is 1.84. The Morgan fingerprint density at radius 2 is 2.06 bits per heavy atom. The van der Waals surface area contributed by atoms with Crippen molar-refractivity contribution in [2.45, 2.75) is 46.2 Å². The molecular weight excluding hydrogens is 306 g/mol. The summed E-state index contributed by atoms with van der Waals surface area (Å²) in [6, 6.07) is 2.66. The third-order valence-corrected chi connectivity index (χ3v) is 4.97. The molecule has 1 unspecified atom stereocenters. The van der Waals surface area contributed by atoms with Crippen LogP contribution in [0.15, 0.2) is 10.5 Å². The molecular formula is C12H19BrClNS. The number of nitrogens with one attached hydrogen (secondary N) is 1. The summed E-state index contributed by atoms with van der Waals surface area (Å²) >= 11 is 11.1. The predicted molar refractivity (Wildman–Crippen MR) is 77.4 cm³/mol. The second-order valence-electron chi connectivity index (χ2n) is 4.59. The van der Waals surface area contributed by atoms with Gasteiger partial charge in [-0.3, -0.25) is 0 Å². The van der Waals surface area contributed by atoms with Gasteiger partial charge in [0.05, 0.1) is 0 Å². The van der Waals surface area contributed by atoms with E-state index in [0.29, 0.717) is 6.04 Å². The summed E-state index contributed by atoms with van der Waals surface area (Å²) in [6.07, 6.45) is 2.51. The molecule has 0 saturated carbocycles. The largest absolute Gasteiger partial charge is 0.309 e. The molecule has 1 heterocycles. The molecule has 4 heteroatoms. The van der Waals surface area contributed by atoms with Crippen LogP contribution in [0.3, 0.4) is 0 Å². The SMILES string of the molecule is CC(C)CCC(C)NCc1cc(Br)c(Cl)s1. The van der Waals surface area contributed by atoms with E-state index in [9.17, 15) is 0 Å². The zero-order valence-electron chi connectivity index (χ0n) is 10.0. The molecule has 92 valence electrons. The first-order valence-electron chi connectivity index (χ1n) is 5.66. The molecule has 0 aliphatic carbocycles. The molecule has 1 nitrogen and oxygen atoms in total. The van der Waals surface area contributed by atoms with E-state index in [1.807, 2.05) is 0 Å². The van der Waals surface area contributed by atoms with Crippen LogP contribution in [-0.4, -0.2) is 6.04 Å². The maximum atomic E-state index is 5.99. The van der Waals surface area contributed by atoms with Crippen LogP contribution in [-0.2, 0) is 6.54 Å². The van der Waals surface area contributed by atoms with Gasteiger partial charge in [-0.2, -0.15) is 0 Å². The van der Waals surface area contributed by atoms with Crippen LogP contribution >= 0.6 is 38.9 Å². The van der Waals surface area contributed by atoms with Crippen LogP contribution in [0.4, 0.5) is 0 Å². The molecule has 0 aromatic carbocycles. The summed E-state index contributed by atoms with van der Waals surface area (Å²) in [7, 11) is 0. The van der Waals surface area contributed by atoms with E-state index in [4.69, 9.17) is 11.6 Å². The van der Waals surface area contributed by atoms with Gasteiger partial charge in [-0.1, -0.05) is 25.4 Å². The molecule has 0 bridgehead atoms. The van der Waals surface area contributed by atoms with Gasteiger partial charge in [0.25, 0.3) is 0 Å². The molecule has 1 atom stereocenters. The van der Waals surface area contributed by atoms with Gasteiger partial charge < -0.3 is 5.32 Å². The highest BCUT2D eigenvalue weighted by Gasteiger charge is 2.07. The van der Waals surface area contributed by atoms with Crippen molar-refractivity contribution in [2.75, 3.05) is 0 Å². The fraction of sp³-hybridized carbons (Fsp3) is 0.667. The average Bonchev–Trinajstić information content (AvgIpc) is 2.52. The van der Waals surface area contributed by atoms with Gasteiger partial charge in [-0.15, -0.1) is 11.3 Å². The molecule has 0 spiro atoms. The number of hydrogen-bond donors (Lipinski definition) is 1. The first-order valence-corrected chi connectivity index (χ1v) is 7.65. The van der Waals surface area contributed by atoms with Crippen molar-refractivity contribution in [3.8, 4) is 0 Å². The van der Waals surface area contributed by atoms with Gasteiger partial charge in [-0.05, 0) is 47.7 Å². The molecule has 1 N–H and O–H groups in total. The Hall–Kier alpha value is 0.430. The van der Waals surface area contributed by atoms with Gasteiger partial charge in [0.15, 0.2) is 0 Å². The second-order valence-corrected chi connectivity index (χ2v) is 7.18. The molecule has 1 aromatic heterocycles. The van der Waals surface area contributed by atoms with Crippen molar-refractivity contribution in [1.82, 2.24) is 5.32 Å². The van der Waals surface area contributed by atoms with Gasteiger partial charge in [0.1, 0.15) is 4.34 Å². The first kappa shape index (κ1) is 14.5. The lowest BCUT2D eigenvalue weighted by molar-refractivity contribution is 0.452. The van der Waals surface area contributed by atoms with Crippen molar-refractivity contribution < 1.29 is 0 Å². The lowest BCUT2D eigenvalue weighted by atomic mass is 10.0. The summed E-state index contributed by atoms with van der Waals surface area (Å²) in [5.41, 5.74) is 0. The maximum Gasteiger partial charge on any atom is 0.107 e. The molecule has 0 fully saturated rings. The third kappa shape index (κ3) is 5.17. The number of hydrogen-bond acceptors (Lipinski definition) is 2. The lowest BCUT2D eigenvalue weighted by Gasteiger charge is -2.14. The smallest absolute Gasteiger partial charge is 0.107 e. The van der Waals surface area contributed by atoms with E-state index in [1.54, 1.807) is 11.3 Å². The Balaban J connectivity index is 2.28. The zero-order valence-corrected chi connectivity index (χ0v) is 13.2. The molecule has 1 aromatic rings. The fourth-order valence-corrected chi connectivity index (χ4v) is 3.18. The highest BCUT2D eigenvalue weighted by Crippen LogP contribution is 2.31. The number of thiophene rings is 1. The van der Waals surface area contributed by atoms with Crippen molar-refractivity contribution >= 4 is 38.9 Å². The van der Waals surface area contributed by atoms with Crippen LogP contribution < -0.4 is 5.32 Å². The Labute approximate surface area is 116 Å². The normalized spacial score (nSPS) is 13.4. The summed E-state index contributed by atoms with van der Waals surface area (Å²) in [5.74, 6) is 0.787. The first-order chi connectivity index (χ1) is 7.49. The summed E-state index contributed by atoms with van der Waals surface area (Å²) in [6.45, 7) is 7.69. The number of rotatable bonds is 6. The van der Waals surface area contributed by atoms with E-state index in [0.717, 1.165) is 21.3 Å². The Morgan fingerprint density at radius 1 is 1.38 bits per heavy atom. The fourth-order valence-electron chi connectivity index (χ4n) is 1.44. The van der Waals surface area contributed by atoms with Crippen molar-refractivity contribution in [3.63, 3.8) is 0 Å². The second kappa shape index (κ2) is 7.00. The zero-order chi connectivity index (χ0) is 12.1. The highest BCUT2D eigenvalue weighted by atomic mass is 79.9. The molecule has 16 heavy (non-hydrogen) atoms. The molecule has 0 aliphatic rings. The number of halogens is 2. The molecule has 0 amide bonds. The standard InChI is InChI=1S/C12H19BrClNS/c1-8(2)4-5-9(3)15-7-10-6-11(13)12(14)16-10/h6,8-9,15H,4-5,7H2,1-3H3. The summed E-state index contributed by atoms with van der Waals surface area (Å²) in [5, 5.41) is 3.53. The minimum absolute atomic E-state index is 0.571. The quantitative estimate of drug-likeness (QED) is 0.769. The predicted octanol–water partition coefficient (Wildman–Crippen LogP) is 5.08. The monoisotopic (exact) mass is 323 g/mol. The van der Waals surface area contributed by atoms with Crippen LogP contribution in [0.1, 0.15) is 38.5 Å². The molecule has 0 saturated heterocycles. The Morgan fingerprint density at radius 3 is 2.56 bits per heavy atom. The molecule has 1 rings (SSSR count). The lowest BCUT2D eigenvalue weighted by Crippen LogP contribution is -2.25. The van der Waals surface area contributed by atoms with Crippen LogP contribution in [0.2, 0.25) is 4.34 Å². The van der Waals surface area contributed by atoms with Gasteiger partial charge >= 0.3 is 0 Å². The van der Waals surface area contributed by atoms with E-state index < -0.39 is 0 Å². The molecule has 0 radical (unpaired) electrons. The van der Waals surface area contributed by atoms with E-state index in [1.165, 1.54) is 17.7 Å². The minimum atomic E-state index is 0.571. The highest BCUT2D eigenvalue weighted by molar-refractivity contribution is 9.10. The Kier molecular flexibility index (Phi) is 6.34. The van der Waals surface area contributed by atoms with Crippen molar-refractivity contribution in [2.24, 2.45) is 5.92 Å². The third-order valence-electron chi connectivity index (χ3n) is 2.50.